The van der Waals surface area contributed by atoms with Crippen LogP contribution in [0.25, 0.3) is 0 Å². The van der Waals surface area contributed by atoms with Crippen LogP contribution >= 0.6 is 11.8 Å². The fourth-order valence-corrected chi connectivity index (χ4v) is 2.39. The van der Waals surface area contributed by atoms with Gasteiger partial charge < -0.3 is 5.11 Å². The van der Waals surface area contributed by atoms with E-state index in [0.29, 0.717) is 5.75 Å². The second-order valence-electron chi connectivity index (χ2n) is 3.70. The number of hydrogen-bond donors (Lipinski definition) is 1. The highest BCUT2D eigenvalue weighted by atomic mass is 32.2. The fourth-order valence-electron chi connectivity index (χ4n) is 1.65. The third-order valence-corrected chi connectivity index (χ3v) is 3.45. The molecule has 0 aliphatic heterocycles. The van der Waals surface area contributed by atoms with Crippen molar-refractivity contribution in [2.24, 2.45) is 0 Å². The van der Waals surface area contributed by atoms with E-state index in [1.54, 1.807) is 18.0 Å². The minimum Gasteiger partial charge on any atom is -0.396 e. The summed E-state index contributed by atoms with van der Waals surface area (Å²) in [6.45, 7) is 0.187. The van der Waals surface area contributed by atoms with E-state index in [1.807, 2.05) is 24.3 Å². The average Bonchev–Trinajstić information content (AvgIpc) is 2.39. The van der Waals surface area contributed by atoms with E-state index >= 15 is 0 Å². The fraction of sp³-hybridized carbons (Fsp3) is 0.214. The predicted octanol–water partition coefficient (Wildman–Crippen LogP) is 2.76. The number of aromatic nitrogens is 1. The molecule has 1 aromatic carbocycles. The Kier molecular flexibility index (Phi) is 4.59. The molecule has 2 rings (SSSR count). The number of hydrogen-bond acceptors (Lipinski definition) is 3. The van der Waals surface area contributed by atoms with E-state index in [9.17, 15) is 0 Å². The van der Waals surface area contributed by atoms with E-state index in [0.717, 1.165) is 11.4 Å². The Morgan fingerprint density at radius 2 is 1.88 bits per heavy atom. The smallest absolute Gasteiger partial charge is 0.0996 e. The third-order valence-electron chi connectivity index (χ3n) is 2.42. The molecule has 0 aliphatic carbocycles. The molecule has 1 heterocycles. The molecule has 1 aromatic heterocycles. The molecule has 0 atom stereocenters. The quantitative estimate of drug-likeness (QED) is 0.822. The van der Waals surface area contributed by atoms with Gasteiger partial charge in [0.2, 0.25) is 0 Å². The van der Waals surface area contributed by atoms with Crippen LogP contribution in [0.3, 0.4) is 0 Å². The number of pyridine rings is 1. The second-order valence-corrected chi connectivity index (χ2v) is 4.79. The van der Waals surface area contributed by atoms with E-state index < -0.39 is 0 Å². The largest absolute Gasteiger partial charge is 0.396 e. The lowest BCUT2D eigenvalue weighted by Crippen LogP contribution is -1.95. The first-order valence-corrected chi connectivity index (χ1v) is 6.60. The van der Waals surface area contributed by atoms with Crippen molar-refractivity contribution in [3.05, 3.63) is 59.8 Å². The molecule has 0 aliphatic rings. The van der Waals surface area contributed by atoms with Crippen molar-refractivity contribution in [1.29, 1.82) is 0 Å². The summed E-state index contributed by atoms with van der Waals surface area (Å²) < 4.78 is 0. The van der Waals surface area contributed by atoms with Crippen LogP contribution in [0.2, 0.25) is 0 Å². The Morgan fingerprint density at radius 3 is 2.65 bits per heavy atom. The van der Waals surface area contributed by atoms with Gasteiger partial charge in [0.25, 0.3) is 0 Å². The van der Waals surface area contributed by atoms with E-state index in [1.165, 1.54) is 11.1 Å². The number of nitrogens with zero attached hydrogens (tertiary/aromatic N) is 1. The summed E-state index contributed by atoms with van der Waals surface area (Å²) in [5, 5.41) is 9.88. The van der Waals surface area contributed by atoms with Gasteiger partial charge in [0.05, 0.1) is 11.6 Å². The highest BCUT2D eigenvalue weighted by Crippen LogP contribution is 2.21. The summed E-state index contributed by atoms with van der Waals surface area (Å²) in [5.41, 5.74) is 2.50. The Morgan fingerprint density at radius 1 is 1.06 bits per heavy atom. The molecular formula is C14H15NOS. The number of benzene rings is 1. The van der Waals surface area contributed by atoms with Gasteiger partial charge in [-0.3, -0.25) is 0 Å². The summed E-state index contributed by atoms with van der Waals surface area (Å²) in [7, 11) is 0. The van der Waals surface area contributed by atoms with E-state index in [4.69, 9.17) is 5.11 Å². The Hall–Kier alpha value is -1.32. The molecular weight excluding hydrogens is 230 g/mol. The van der Waals surface area contributed by atoms with Gasteiger partial charge in [-0.15, -0.1) is 11.8 Å². The monoisotopic (exact) mass is 245 g/mol. The Labute approximate surface area is 106 Å². The lowest BCUT2D eigenvalue weighted by Gasteiger charge is -2.07. The minimum absolute atomic E-state index is 0.187. The molecule has 0 fully saturated rings. The minimum atomic E-state index is 0.187. The summed E-state index contributed by atoms with van der Waals surface area (Å²) in [5.74, 6) is 0.693. The zero-order valence-electron chi connectivity index (χ0n) is 9.54. The standard InChI is InChI=1S/C14H15NOS/c16-9-10-17-14-13(7-4-8-15-14)11-12-5-2-1-3-6-12/h1-8,16H,9-11H2. The molecule has 0 unspecified atom stereocenters. The van der Waals surface area contributed by atoms with Crippen molar-refractivity contribution in [2.45, 2.75) is 11.4 Å². The van der Waals surface area contributed by atoms with Gasteiger partial charge in [-0.05, 0) is 17.2 Å². The van der Waals surface area contributed by atoms with Crippen LogP contribution in [0.1, 0.15) is 11.1 Å². The Balaban J connectivity index is 2.15. The summed E-state index contributed by atoms with van der Waals surface area (Å²) >= 11 is 1.61. The molecule has 0 saturated carbocycles. The number of aliphatic hydroxyl groups is 1. The van der Waals surface area contributed by atoms with E-state index in [-0.39, 0.29) is 6.61 Å². The van der Waals surface area contributed by atoms with Crippen LogP contribution in [-0.2, 0) is 6.42 Å². The first kappa shape index (κ1) is 12.1. The molecule has 0 saturated heterocycles. The third kappa shape index (κ3) is 3.58. The molecule has 0 bridgehead atoms. The first-order valence-electron chi connectivity index (χ1n) is 5.61. The second kappa shape index (κ2) is 6.42. The van der Waals surface area contributed by atoms with Gasteiger partial charge in [-0.2, -0.15) is 0 Å². The highest BCUT2D eigenvalue weighted by Gasteiger charge is 2.04. The molecule has 0 amide bonds. The molecule has 88 valence electrons. The maximum absolute atomic E-state index is 8.86. The van der Waals surface area contributed by atoms with Crippen LogP contribution in [0.4, 0.5) is 0 Å². The van der Waals surface area contributed by atoms with Gasteiger partial charge in [0.1, 0.15) is 0 Å². The van der Waals surface area contributed by atoms with Crippen molar-refractivity contribution >= 4 is 11.8 Å². The summed E-state index contributed by atoms with van der Waals surface area (Å²) in [6, 6.07) is 14.4. The van der Waals surface area contributed by atoms with Crippen molar-refractivity contribution in [1.82, 2.24) is 4.98 Å². The number of rotatable bonds is 5. The van der Waals surface area contributed by atoms with Gasteiger partial charge in [-0.25, -0.2) is 4.98 Å². The molecule has 17 heavy (non-hydrogen) atoms. The van der Waals surface area contributed by atoms with Crippen LogP contribution in [0.5, 0.6) is 0 Å². The molecule has 2 aromatic rings. The average molecular weight is 245 g/mol. The highest BCUT2D eigenvalue weighted by molar-refractivity contribution is 7.99. The van der Waals surface area contributed by atoms with E-state index in [2.05, 4.69) is 23.2 Å². The van der Waals surface area contributed by atoms with Crippen LogP contribution in [0.15, 0.2) is 53.7 Å². The SMILES string of the molecule is OCCSc1ncccc1Cc1ccccc1. The van der Waals surface area contributed by atoms with Crippen LogP contribution in [-0.4, -0.2) is 22.5 Å². The van der Waals surface area contributed by atoms with Gasteiger partial charge in [0, 0.05) is 18.4 Å². The van der Waals surface area contributed by atoms with Crippen molar-refractivity contribution in [3.63, 3.8) is 0 Å². The van der Waals surface area contributed by atoms with Gasteiger partial charge >= 0.3 is 0 Å². The molecule has 2 nitrogen and oxygen atoms in total. The maximum atomic E-state index is 8.86. The maximum Gasteiger partial charge on any atom is 0.0996 e. The zero-order chi connectivity index (χ0) is 11.9. The van der Waals surface area contributed by atoms with Crippen LogP contribution in [0, 0.1) is 0 Å². The Bertz CT molecular complexity index is 459. The van der Waals surface area contributed by atoms with Crippen molar-refractivity contribution in [2.75, 3.05) is 12.4 Å². The van der Waals surface area contributed by atoms with Crippen LogP contribution < -0.4 is 0 Å². The number of thioether (sulfide) groups is 1. The number of aliphatic hydroxyl groups excluding tert-OH is 1. The molecule has 0 radical (unpaired) electrons. The topological polar surface area (TPSA) is 33.1 Å². The lowest BCUT2D eigenvalue weighted by atomic mass is 10.1. The first-order chi connectivity index (χ1) is 8.40. The summed E-state index contributed by atoms with van der Waals surface area (Å²) in [4.78, 5) is 4.36. The van der Waals surface area contributed by atoms with Gasteiger partial charge in [-0.1, -0.05) is 36.4 Å². The molecule has 3 heteroatoms. The lowest BCUT2D eigenvalue weighted by molar-refractivity contribution is 0.322. The predicted molar refractivity (Wildman–Crippen MR) is 71.3 cm³/mol. The molecule has 1 N–H and O–H groups in total. The van der Waals surface area contributed by atoms with Crippen molar-refractivity contribution in [3.8, 4) is 0 Å². The van der Waals surface area contributed by atoms with Crippen molar-refractivity contribution < 1.29 is 5.11 Å². The summed E-state index contributed by atoms with van der Waals surface area (Å²) in [6.07, 6.45) is 2.69. The van der Waals surface area contributed by atoms with Gasteiger partial charge in [0.15, 0.2) is 0 Å². The molecule has 0 spiro atoms. The normalized spacial score (nSPS) is 10.4. The zero-order valence-corrected chi connectivity index (χ0v) is 10.4.